The average Bonchev–Trinajstić information content (AvgIpc) is 2.25. The highest BCUT2D eigenvalue weighted by Crippen LogP contribution is 2.23. The molecule has 1 heterocycles. The Kier molecular flexibility index (Phi) is 5.18. The summed E-state index contributed by atoms with van der Waals surface area (Å²) in [5.74, 6) is -2.45. The Balaban J connectivity index is 2.96. The third-order valence-electron chi connectivity index (χ3n) is 2.78. The summed E-state index contributed by atoms with van der Waals surface area (Å²) in [5, 5.41) is 16.9. The van der Waals surface area contributed by atoms with E-state index in [1.165, 1.54) is 0 Å². The second-order valence-electron chi connectivity index (χ2n) is 7.26. The van der Waals surface area contributed by atoms with Crippen molar-refractivity contribution in [1.29, 1.82) is 0 Å². The summed E-state index contributed by atoms with van der Waals surface area (Å²) in [6, 6.07) is 0. The number of ether oxygens (including phenoxy) is 1. The molecule has 118 valence electrons. The van der Waals surface area contributed by atoms with E-state index in [0.717, 1.165) is 13.1 Å². The maximum absolute atomic E-state index is 12.5. The fraction of sp³-hybridized carbons (Fsp3) is 0.929. The number of piperazine rings is 1. The van der Waals surface area contributed by atoms with Crippen molar-refractivity contribution in [2.45, 2.75) is 58.6 Å². The van der Waals surface area contributed by atoms with Gasteiger partial charge in [-0.3, -0.25) is 4.79 Å². The molecule has 1 fully saturated rings. The molecule has 0 aromatic rings. The lowest BCUT2D eigenvalue weighted by molar-refractivity contribution is -0.309. The molecule has 0 radical (unpaired) electrons. The largest absolute Gasteiger partial charge is 0.346 e. The summed E-state index contributed by atoms with van der Waals surface area (Å²) < 4.78 is 5.71. The van der Waals surface area contributed by atoms with Crippen LogP contribution in [-0.2, 0) is 9.53 Å². The van der Waals surface area contributed by atoms with Crippen LogP contribution in [0.4, 0.5) is 0 Å². The molecule has 0 aromatic heterocycles. The number of carbonyl (C=O) groups excluding carboxylic acids is 1. The Bertz CT molecular complexity index is 341. The quantitative estimate of drug-likeness (QED) is 0.650. The van der Waals surface area contributed by atoms with Crippen molar-refractivity contribution in [3.63, 3.8) is 0 Å². The van der Waals surface area contributed by atoms with Crippen molar-refractivity contribution in [3.05, 3.63) is 0 Å². The Labute approximate surface area is 121 Å². The van der Waals surface area contributed by atoms with Crippen molar-refractivity contribution >= 4 is 5.91 Å². The molecule has 6 nitrogen and oxygen atoms in total. The minimum atomic E-state index is -1.94. The first-order chi connectivity index (χ1) is 8.94. The number of rotatable bonds is 3. The molecule has 0 aliphatic carbocycles. The first kappa shape index (κ1) is 17.4. The van der Waals surface area contributed by atoms with E-state index in [9.17, 15) is 9.90 Å². The van der Waals surface area contributed by atoms with Gasteiger partial charge in [0.1, 0.15) is 0 Å². The zero-order valence-corrected chi connectivity index (χ0v) is 13.5. The van der Waals surface area contributed by atoms with Crippen molar-refractivity contribution in [1.82, 2.24) is 15.5 Å². The molecule has 0 spiro atoms. The molecule has 1 amide bonds. The van der Waals surface area contributed by atoms with E-state index in [-0.39, 0.29) is 0 Å². The molecular weight excluding hydrogens is 258 g/mol. The third-order valence-corrected chi connectivity index (χ3v) is 2.78. The van der Waals surface area contributed by atoms with Gasteiger partial charge in [-0.2, -0.15) is 0 Å². The number of amides is 1. The monoisotopic (exact) mass is 287 g/mol. The Hall–Kier alpha value is -0.690. The lowest BCUT2D eigenvalue weighted by Gasteiger charge is -2.44. The first-order valence-electron chi connectivity index (χ1n) is 7.15. The van der Waals surface area contributed by atoms with E-state index >= 15 is 0 Å². The van der Waals surface area contributed by atoms with Crippen molar-refractivity contribution in [2.24, 2.45) is 0 Å². The number of nitrogens with one attached hydrogen (secondary N) is 2. The van der Waals surface area contributed by atoms with E-state index in [0.29, 0.717) is 13.1 Å². The van der Waals surface area contributed by atoms with Crippen molar-refractivity contribution in [3.8, 4) is 0 Å². The number of hydrogen-bond acceptors (Lipinski definition) is 5. The minimum Gasteiger partial charge on any atom is -0.346 e. The smallest absolute Gasteiger partial charge is 0.311 e. The molecule has 0 unspecified atom stereocenters. The van der Waals surface area contributed by atoms with Gasteiger partial charge in [0.25, 0.3) is 5.91 Å². The SMILES string of the molecule is CC(C)(C)NC(=O)[C@](O)(OC(C)(C)C)N1CCNCC1. The molecule has 20 heavy (non-hydrogen) atoms. The van der Waals surface area contributed by atoms with Crippen LogP contribution in [-0.4, -0.2) is 59.1 Å². The number of carbonyl (C=O) groups is 1. The van der Waals surface area contributed by atoms with Gasteiger partial charge in [-0.25, -0.2) is 4.90 Å². The average molecular weight is 287 g/mol. The molecule has 6 heteroatoms. The van der Waals surface area contributed by atoms with Crippen LogP contribution in [0.1, 0.15) is 41.5 Å². The molecule has 1 atom stereocenters. The molecule has 1 rings (SSSR count). The summed E-state index contributed by atoms with van der Waals surface area (Å²) in [7, 11) is 0. The highest BCUT2D eigenvalue weighted by molar-refractivity contribution is 5.83. The van der Waals surface area contributed by atoms with Gasteiger partial charge in [0, 0.05) is 31.7 Å². The number of hydrogen-bond donors (Lipinski definition) is 3. The standard InChI is InChI=1S/C14H29N3O3/c1-12(2,3)16-11(18)14(19,20-13(4,5)6)17-9-7-15-8-10-17/h15,19H,7-10H2,1-6H3,(H,16,18)/t14-/m0/s1. The zero-order valence-electron chi connectivity index (χ0n) is 13.5. The van der Waals surface area contributed by atoms with Crippen LogP contribution in [0.2, 0.25) is 0 Å². The van der Waals surface area contributed by atoms with E-state index in [4.69, 9.17) is 4.74 Å². The van der Waals surface area contributed by atoms with Crippen LogP contribution in [0.15, 0.2) is 0 Å². The van der Waals surface area contributed by atoms with Crippen LogP contribution >= 0.6 is 0 Å². The van der Waals surface area contributed by atoms with Crippen LogP contribution in [0.3, 0.4) is 0 Å². The summed E-state index contributed by atoms with van der Waals surface area (Å²) in [4.78, 5) is 14.2. The fourth-order valence-electron chi connectivity index (χ4n) is 2.07. The van der Waals surface area contributed by atoms with Gasteiger partial charge in [0.15, 0.2) is 0 Å². The van der Waals surface area contributed by atoms with Crippen molar-refractivity contribution < 1.29 is 14.6 Å². The molecule has 1 saturated heterocycles. The second kappa shape index (κ2) is 5.97. The van der Waals surface area contributed by atoms with E-state index < -0.39 is 23.0 Å². The Morgan fingerprint density at radius 3 is 2.05 bits per heavy atom. The van der Waals surface area contributed by atoms with Gasteiger partial charge in [0.2, 0.25) is 0 Å². The molecule has 1 aliphatic rings. The fourth-order valence-corrected chi connectivity index (χ4v) is 2.07. The third kappa shape index (κ3) is 5.01. The highest BCUT2D eigenvalue weighted by Gasteiger charge is 2.47. The number of aliphatic hydroxyl groups is 1. The minimum absolute atomic E-state index is 0.430. The maximum atomic E-state index is 12.5. The van der Waals surface area contributed by atoms with Crippen LogP contribution < -0.4 is 10.6 Å². The molecular formula is C14H29N3O3. The predicted molar refractivity (Wildman–Crippen MR) is 78.1 cm³/mol. The van der Waals surface area contributed by atoms with Crippen LogP contribution in [0.25, 0.3) is 0 Å². The molecule has 0 saturated carbocycles. The van der Waals surface area contributed by atoms with Crippen LogP contribution in [0, 0.1) is 0 Å². The lowest BCUT2D eigenvalue weighted by atomic mass is 10.1. The Morgan fingerprint density at radius 2 is 1.65 bits per heavy atom. The lowest BCUT2D eigenvalue weighted by Crippen LogP contribution is -2.67. The normalized spacial score (nSPS) is 21.4. The topological polar surface area (TPSA) is 73.8 Å². The van der Waals surface area contributed by atoms with Gasteiger partial charge in [0.05, 0.1) is 5.60 Å². The second-order valence-corrected chi connectivity index (χ2v) is 7.26. The maximum Gasteiger partial charge on any atom is 0.311 e. The van der Waals surface area contributed by atoms with Crippen LogP contribution in [0.5, 0.6) is 0 Å². The number of nitrogens with zero attached hydrogens (tertiary/aromatic N) is 1. The van der Waals surface area contributed by atoms with Gasteiger partial charge in [-0.15, -0.1) is 0 Å². The summed E-state index contributed by atoms with van der Waals surface area (Å²) >= 11 is 0. The van der Waals surface area contributed by atoms with Gasteiger partial charge >= 0.3 is 5.91 Å². The van der Waals surface area contributed by atoms with Gasteiger partial charge in [-0.1, -0.05) is 0 Å². The summed E-state index contributed by atoms with van der Waals surface area (Å²) in [5.41, 5.74) is -1.06. The molecule has 0 bridgehead atoms. The Morgan fingerprint density at radius 1 is 1.15 bits per heavy atom. The molecule has 3 N–H and O–H groups in total. The van der Waals surface area contributed by atoms with Crippen molar-refractivity contribution in [2.75, 3.05) is 26.2 Å². The van der Waals surface area contributed by atoms with Gasteiger partial charge in [-0.05, 0) is 41.5 Å². The van der Waals surface area contributed by atoms with E-state index in [1.807, 2.05) is 41.5 Å². The first-order valence-corrected chi connectivity index (χ1v) is 7.15. The van der Waals surface area contributed by atoms with E-state index in [2.05, 4.69) is 10.6 Å². The molecule has 1 aliphatic heterocycles. The summed E-state index contributed by atoms with van der Waals surface area (Å²) in [6.45, 7) is 13.7. The van der Waals surface area contributed by atoms with E-state index in [1.54, 1.807) is 4.90 Å². The highest BCUT2D eigenvalue weighted by atomic mass is 16.7. The zero-order chi connectivity index (χ0) is 15.6. The molecule has 0 aromatic carbocycles. The summed E-state index contributed by atoms with van der Waals surface area (Å²) in [6.07, 6.45) is 0. The predicted octanol–water partition coefficient (Wildman–Crippen LogP) is 0.268. The van der Waals surface area contributed by atoms with Gasteiger partial charge < -0.3 is 20.5 Å².